The second-order valence-electron chi connectivity index (χ2n) is 7.27. The number of likely N-dealkylation sites (tertiary alicyclic amines) is 1. The van der Waals surface area contributed by atoms with E-state index in [1.807, 2.05) is 17.0 Å². The van der Waals surface area contributed by atoms with E-state index in [2.05, 4.69) is 35.8 Å². The van der Waals surface area contributed by atoms with Gasteiger partial charge in [0.25, 0.3) is 5.91 Å². The van der Waals surface area contributed by atoms with Crippen LogP contribution in [0.5, 0.6) is 0 Å². The van der Waals surface area contributed by atoms with Crippen molar-refractivity contribution in [1.82, 2.24) is 14.7 Å². The minimum atomic E-state index is 0.187. The number of rotatable bonds is 5. The summed E-state index contributed by atoms with van der Waals surface area (Å²) in [5.41, 5.74) is 2.15. The van der Waals surface area contributed by atoms with Crippen LogP contribution in [0.2, 0.25) is 0 Å². The molecule has 4 heteroatoms. The average Bonchev–Trinajstić information content (AvgIpc) is 3.14. The van der Waals surface area contributed by atoms with E-state index >= 15 is 0 Å². The van der Waals surface area contributed by atoms with Crippen molar-refractivity contribution in [3.05, 3.63) is 35.4 Å². The van der Waals surface area contributed by atoms with E-state index in [1.54, 1.807) is 0 Å². The predicted octanol–water partition coefficient (Wildman–Crippen LogP) is 2.84. The second-order valence-corrected chi connectivity index (χ2v) is 7.27. The fourth-order valence-corrected chi connectivity index (χ4v) is 3.76. The zero-order valence-corrected chi connectivity index (χ0v) is 15.2. The minimum absolute atomic E-state index is 0.187. The molecule has 1 aromatic carbocycles. The molecule has 1 amide bonds. The van der Waals surface area contributed by atoms with Gasteiger partial charge in [0.1, 0.15) is 0 Å². The van der Waals surface area contributed by atoms with Gasteiger partial charge in [-0.3, -0.25) is 14.6 Å². The lowest BCUT2D eigenvalue weighted by Gasteiger charge is -2.37. The van der Waals surface area contributed by atoms with Gasteiger partial charge in [-0.05, 0) is 57.0 Å². The second kappa shape index (κ2) is 8.13. The Morgan fingerprint density at radius 1 is 1.00 bits per heavy atom. The molecule has 0 N–H and O–H groups in total. The van der Waals surface area contributed by atoms with Crippen LogP contribution < -0.4 is 0 Å². The first-order chi connectivity index (χ1) is 11.7. The van der Waals surface area contributed by atoms with Gasteiger partial charge in [-0.2, -0.15) is 0 Å². The van der Waals surface area contributed by atoms with Crippen molar-refractivity contribution in [2.45, 2.75) is 45.7 Å². The lowest BCUT2D eigenvalue weighted by atomic mass is 10.1. The van der Waals surface area contributed by atoms with E-state index in [9.17, 15) is 4.79 Å². The van der Waals surface area contributed by atoms with Crippen molar-refractivity contribution in [3.63, 3.8) is 0 Å². The first-order valence-electron chi connectivity index (χ1n) is 9.52. The molecule has 0 aliphatic carbocycles. The van der Waals surface area contributed by atoms with Gasteiger partial charge < -0.3 is 4.90 Å². The molecule has 1 unspecified atom stereocenters. The Morgan fingerprint density at radius 2 is 1.62 bits per heavy atom. The lowest BCUT2D eigenvalue weighted by Crippen LogP contribution is -2.51. The third-order valence-electron chi connectivity index (χ3n) is 5.62. The topological polar surface area (TPSA) is 26.8 Å². The number of piperazine rings is 1. The number of carbonyl (C=O) groups is 1. The molecule has 0 saturated carbocycles. The van der Waals surface area contributed by atoms with Gasteiger partial charge in [0.05, 0.1) is 0 Å². The van der Waals surface area contributed by atoms with Crippen LogP contribution in [0.25, 0.3) is 0 Å². The number of hydrogen-bond donors (Lipinski definition) is 0. The minimum Gasteiger partial charge on any atom is -0.336 e. The Morgan fingerprint density at radius 3 is 2.21 bits per heavy atom. The molecule has 4 nitrogen and oxygen atoms in total. The Bertz CT molecular complexity index is 528. The summed E-state index contributed by atoms with van der Waals surface area (Å²) in [5.74, 6) is 0.187. The van der Waals surface area contributed by atoms with Crippen molar-refractivity contribution < 1.29 is 4.79 Å². The van der Waals surface area contributed by atoms with E-state index in [0.29, 0.717) is 6.04 Å². The van der Waals surface area contributed by atoms with E-state index in [0.717, 1.165) is 38.3 Å². The lowest BCUT2D eigenvalue weighted by molar-refractivity contribution is 0.0579. The van der Waals surface area contributed by atoms with Gasteiger partial charge in [0.15, 0.2) is 0 Å². The SMILES string of the molecule is CCC(C)N1CCN(C(=O)c2ccc(CN3CCCC3)cc2)CC1. The normalized spacial score (nSPS) is 21.2. The van der Waals surface area contributed by atoms with E-state index in [4.69, 9.17) is 0 Å². The summed E-state index contributed by atoms with van der Waals surface area (Å²) >= 11 is 0. The maximum atomic E-state index is 12.7. The monoisotopic (exact) mass is 329 g/mol. The molecule has 2 heterocycles. The Hall–Kier alpha value is -1.39. The van der Waals surface area contributed by atoms with Crippen molar-refractivity contribution in [1.29, 1.82) is 0 Å². The molecule has 2 fully saturated rings. The predicted molar refractivity (Wildman–Crippen MR) is 98.2 cm³/mol. The summed E-state index contributed by atoms with van der Waals surface area (Å²) in [5, 5.41) is 0. The van der Waals surface area contributed by atoms with Gasteiger partial charge in [0.2, 0.25) is 0 Å². The van der Waals surface area contributed by atoms with Gasteiger partial charge in [-0.25, -0.2) is 0 Å². The molecule has 0 bridgehead atoms. The largest absolute Gasteiger partial charge is 0.336 e. The smallest absolute Gasteiger partial charge is 0.253 e. The van der Waals surface area contributed by atoms with Crippen molar-refractivity contribution in [2.75, 3.05) is 39.3 Å². The van der Waals surface area contributed by atoms with Crippen LogP contribution in [0.3, 0.4) is 0 Å². The van der Waals surface area contributed by atoms with E-state index in [1.165, 1.54) is 37.9 Å². The molecular weight excluding hydrogens is 298 g/mol. The molecule has 0 aromatic heterocycles. The molecule has 1 atom stereocenters. The number of carbonyl (C=O) groups excluding carboxylic acids is 1. The Kier molecular flexibility index (Phi) is 5.90. The summed E-state index contributed by atoms with van der Waals surface area (Å²) in [6.45, 7) is 11.6. The third-order valence-corrected chi connectivity index (χ3v) is 5.62. The molecule has 0 radical (unpaired) electrons. The molecule has 2 aliphatic rings. The highest BCUT2D eigenvalue weighted by atomic mass is 16.2. The van der Waals surface area contributed by atoms with E-state index in [-0.39, 0.29) is 5.91 Å². The zero-order chi connectivity index (χ0) is 16.9. The maximum Gasteiger partial charge on any atom is 0.253 e. The molecule has 2 aliphatic heterocycles. The number of amides is 1. The number of nitrogens with zero attached hydrogens (tertiary/aromatic N) is 3. The highest BCUT2D eigenvalue weighted by Gasteiger charge is 2.24. The van der Waals surface area contributed by atoms with Crippen molar-refractivity contribution >= 4 is 5.91 Å². The van der Waals surface area contributed by atoms with Crippen LogP contribution in [0.15, 0.2) is 24.3 Å². The van der Waals surface area contributed by atoms with Crippen LogP contribution in [0, 0.1) is 0 Å². The summed E-state index contributed by atoms with van der Waals surface area (Å²) in [6.07, 6.45) is 3.81. The summed E-state index contributed by atoms with van der Waals surface area (Å²) < 4.78 is 0. The molecule has 3 rings (SSSR count). The van der Waals surface area contributed by atoms with Crippen LogP contribution in [-0.2, 0) is 6.54 Å². The zero-order valence-electron chi connectivity index (χ0n) is 15.2. The Labute approximate surface area is 146 Å². The first-order valence-corrected chi connectivity index (χ1v) is 9.52. The molecule has 2 saturated heterocycles. The highest BCUT2D eigenvalue weighted by molar-refractivity contribution is 5.94. The standard InChI is InChI=1S/C20H31N3O/c1-3-17(2)22-12-14-23(15-13-22)20(24)19-8-6-18(7-9-19)16-21-10-4-5-11-21/h6-9,17H,3-5,10-16H2,1-2H3. The summed E-state index contributed by atoms with van der Waals surface area (Å²) in [7, 11) is 0. The maximum absolute atomic E-state index is 12.7. The highest BCUT2D eigenvalue weighted by Crippen LogP contribution is 2.15. The van der Waals surface area contributed by atoms with Crippen LogP contribution in [0.1, 0.15) is 49.0 Å². The van der Waals surface area contributed by atoms with Gasteiger partial charge >= 0.3 is 0 Å². The molecule has 132 valence electrons. The quantitative estimate of drug-likeness (QED) is 0.831. The molecular formula is C20H31N3O. The average molecular weight is 329 g/mol. The van der Waals surface area contributed by atoms with Crippen LogP contribution >= 0.6 is 0 Å². The Balaban J connectivity index is 1.53. The van der Waals surface area contributed by atoms with Gasteiger partial charge in [0, 0.05) is 44.3 Å². The van der Waals surface area contributed by atoms with Gasteiger partial charge in [-0.15, -0.1) is 0 Å². The molecule has 1 aromatic rings. The van der Waals surface area contributed by atoms with Gasteiger partial charge in [-0.1, -0.05) is 19.1 Å². The first kappa shape index (κ1) is 17.4. The fourth-order valence-electron chi connectivity index (χ4n) is 3.76. The van der Waals surface area contributed by atoms with Crippen LogP contribution in [-0.4, -0.2) is 65.9 Å². The van der Waals surface area contributed by atoms with Crippen LogP contribution in [0.4, 0.5) is 0 Å². The fraction of sp³-hybridized carbons (Fsp3) is 0.650. The number of benzene rings is 1. The van der Waals surface area contributed by atoms with E-state index < -0.39 is 0 Å². The summed E-state index contributed by atoms with van der Waals surface area (Å²) in [4.78, 5) is 19.7. The molecule has 24 heavy (non-hydrogen) atoms. The molecule has 0 spiro atoms. The number of hydrogen-bond acceptors (Lipinski definition) is 3. The summed E-state index contributed by atoms with van der Waals surface area (Å²) in [6, 6.07) is 8.89. The van der Waals surface area contributed by atoms with Crippen molar-refractivity contribution in [3.8, 4) is 0 Å². The van der Waals surface area contributed by atoms with Crippen molar-refractivity contribution in [2.24, 2.45) is 0 Å². The third kappa shape index (κ3) is 4.17.